The van der Waals surface area contributed by atoms with Crippen LogP contribution in [0.4, 0.5) is 5.95 Å². The summed E-state index contributed by atoms with van der Waals surface area (Å²) in [7, 11) is 0. The molecule has 2 heterocycles. The Kier molecular flexibility index (Phi) is 3.64. The Bertz CT molecular complexity index is 469. The predicted molar refractivity (Wildman–Crippen MR) is 62.4 cm³/mol. The van der Waals surface area contributed by atoms with Crippen molar-refractivity contribution in [2.24, 2.45) is 0 Å². The Balaban J connectivity index is 2.06. The van der Waals surface area contributed by atoms with E-state index >= 15 is 0 Å². The summed E-state index contributed by atoms with van der Waals surface area (Å²) in [6, 6.07) is 1.79. The van der Waals surface area contributed by atoms with Crippen molar-refractivity contribution in [2.45, 2.75) is 33.2 Å². The first-order valence-corrected chi connectivity index (χ1v) is 5.69. The smallest absolute Gasteiger partial charge is 0.243 e. The van der Waals surface area contributed by atoms with Crippen molar-refractivity contribution in [3.05, 3.63) is 29.4 Å². The molecule has 1 N–H and O–H groups in total. The second kappa shape index (κ2) is 5.38. The van der Waals surface area contributed by atoms with Gasteiger partial charge >= 0.3 is 0 Å². The lowest BCUT2D eigenvalue weighted by Crippen LogP contribution is -2.09. The molecular weight excluding hydrogens is 218 g/mol. The molecule has 0 aliphatic rings. The molecule has 0 aromatic carbocycles. The molecule has 90 valence electrons. The minimum Gasteiger partial charge on any atom is -0.360 e. The lowest BCUT2D eigenvalue weighted by molar-refractivity contribution is 0.387. The van der Waals surface area contributed by atoms with E-state index in [1.165, 1.54) is 0 Å². The van der Waals surface area contributed by atoms with Crippen molar-refractivity contribution in [3.63, 3.8) is 0 Å². The number of nitrogens with zero attached hydrogens (tertiary/aromatic N) is 4. The van der Waals surface area contributed by atoms with Crippen LogP contribution < -0.4 is 5.32 Å². The highest BCUT2D eigenvalue weighted by molar-refractivity contribution is 5.26. The molecule has 0 fully saturated rings. The zero-order chi connectivity index (χ0) is 12.1. The van der Waals surface area contributed by atoms with E-state index in [-0.39, 0.29) is 0 Å². The summed E-state index contributed by atoms with van der Waals surface area (Å²) in [6.07, 6.45) is 3.31. The highest BCUT2D eigenvalue weighted by atomic mass is 16.5. The van der Waals surface area contributed by atoms with E-state index in [0.29, 0.717) is 12.5 Å². The molecule has 0 amide bonds. The van der Waals surface area contributed by atoms with Gasteiger partial charge in [-0.25, -0.2) is 4.98 Å². The average molecular weight is 233 g/mol. The van der Waals surface area contributed by atoms with Gasteiger partial charge in [-0.3, -0.25) is 0 Å². The molecule has 6 heteroatoms. The fourth-order valence-electron chi connectivity index (χ4n) is 1.51. The monoisotopic (exact) mass is 233 g/mol. The molecule has 0 unspecified atom stereocenters. The molecule has 0 saturated carbocycles. The summed E-state index contributed by atoms with van der Waals surface area (Å²) in [4.78, 5) is 4.41. The summed E-state index contributed by atoms with van der Waals surface area (Å²) >= 11 is 0. The largest absolute Gasteiger partial charge is 0.360 e. The molecule has 2 aromatic rings. The first kappa shape index (κ1) is 11.5. The van der Waals surface area contributed by atoms with E-state index in [9.17, 15) is 0 Å². The molecule has 0 radical (unpaired) electrons. The molecule has 0 spiro atoms. The fourth-order valence-corrected chi connectivity index (χ4v) is 1.51. The van der Waals surface area contributed by atoms with Crippen molar-refractivity contribution in [3.8, 4) is 0 Å². The van der Waals surface area contributed by atoms with Crippen LogP contribution >= 0.6 is 0 Å². The first-order valence-electron chi connectivity index (χ1n) is 5.69. The number of anilines is 1. The maximum absolute atomic E-state index is 4.97. The summed E-state index contributed by atoms with van der Waals surface area (Å²) in [5.74, 6) is 1.27. The van der Waals surface area contributed by atoms with Gasteiger partial charge < -0.3 is 9.84 Å². The van der Waals surface area contributed by atoms with Gasteiger partial charge in [-0.05, 0) is 12.8 Å². The number of hydrogen-bond acceptors (Lipinski definition) is 6. The van der Waals surface area contributed by atoms with Crippen LogP contribution in [0.25, 0.3) is 0 Å². The van der Waals surface area contributed by atoms with Crippen LogP contribution in [0.15, 0.2) is 16.8 Å². The first-order chi connectivity index (χ1) is 8.33. The minimum atomic E-state index is 0.510. The van der Waals surface area contributed by atoms with Crippen molar-refractivity contribution in [1.29, 1.82) is 0 Å². The van der Waals surface area contributed by atoms with Crippen LogP contribution in [-0.2, 0) is 19.4 Å². The second-order valence-corrected chi connectivity index (χ2v) is 3.57. The van der Waals surface area contributed by atoms with Crippen LogP contribution in [0.5, 0.6) is 0 Å². The number of aromatic nitrogens is 4. The Morgan fingerprint density at radius 2 is 2.00 bits per heavy atom. The zero-order valence-corrected chi connectivity index (χ0v) is 9.97. The van der Waals surface area contributed by atoms with E-state index in [1.807, 2.05) is 6.92 Å². The third kappa shape index (κ3) is 2.77. The van der Waals surface area contributed by atoms with Gasteiger partial charge in [0.1, 0.15) is 0 Å². The van der Waals surface area contributed by atoms with Gasteiger partial charge in [0.2, 0.25) is 5.95 Å². The number of nitrogens with one attached hydrogen (secondary N) is 1. The van der Waals surface area contributed by atoms with E-state index in [1.54, 1.807) is 12.3 Å². The topological polar surface area (TPSA) is 76.7 Å². The molecule has 2 aromatic heterocycles. The summed E-state index contributed by atoms with van der Waals surface area (Å²) in [5.41, 5.74) is 1.94. The molecule has 17 heavy (non-hydrogen) atoms. The van der Waals surface area contributed by atoms with Crippen molar-refractivity contribution < 1.29 is 4.52 Å². The van der Waals surface area contributed by atoms with Crippen LogP contribution in [0.2, 0.25) is 0 Å². The van der Waals surface area contributed by atoms with Crippen LogP contribution in [-0.4, -0.2) is 20.3 Å². The number of rotatable bonds is 5. The average Bonchev–Trinajstić information content (AvgIpc) is 2.89. The number of hydrogen-bond donors (Lipinski definition) is 1. The second-order valence-electron chi connectivity index (χ2n) is 3.57. The van der Waals surface area contributed by atoms with Gasteiger partial charge in [-0.15, -0.1) is 5.10 Å². The van der Waals surface area contributed by atoms with Gasteiger partial charge in [0, 0.05) is 6.07 Å². The molecular formula is C11H15N5O. The number of aryl methyl sites for hydroxylation is 2. The molecule has 6 nitrogen and oxygen atoms in total. The van der Waals surface area contributed by atoms with E-state index in [4.69, 9.17) is 4.52 Å². The van der Waals surface area contributed by atoms with E-state index in [2.05, 4.69) is 32.6 Å². The van der Waals surface area contributed by atoms with Crippen molar-refractivity contribution in [2.75, 3.05) is 5.32 Å². The predicted octanol–water partition coefficient (Wildman–Crippen LogP) is 1.60. The maximum Gasteiger partial charge on any atom is 0.243 e. The van der Waals surface area contributed by atoms with Crippen LogP contribution in [0.3, 0.4) is 0 Å². The van der Waals surface area contributed by atoms with Gasteiger partial charge in [0.05, 0.1) is 24.1 Å². The van der Waals surface area contributed by atoms with Gasteiger partial charge in [0.15, 0.2) is 5.76 Å². The molecule has 0 aliphatic carbocycles. The van der Waals surface area contributed by atoms with Crippen molar-refractivity contribution in [1.82, 2.24) is 20.3 Å². The maximum atomic E-state index is 4.97. The Labute approximate surface area is 99.5 Å². The summed E-state index contributed by atoms with van der Waals surface area (Å²) in [6.45, 7) is 4.62. The van der Waals surface area contributed by atoms with Crippen LogP contribution in [0.1, 0.15) is 31.0 Å². The highest BCUT2D eigenvalue weighted by Crippen LogP contribution is 2.07. The Morgan fingerprint density at radius 1 is 1.18 bits per heavy atom. The SMILES string of the molecule is CCc1nnc(NCc2ccno2)nc1CC. The normalized spacial score (nSPS) is 10.5. The lowest BCUT2D eigenvalue weighted by Gasteiger charge is -2.06. The van der Waals surface area contributed by atoms with Gasteiger partial charge in [0.25, 0.3) is 0 Å². The molecule has 0 bridgehead atoms. The Hall–Kier alpha value is -1.98. The molecule has 2 rings (SSSR count). The third-order valence-corrected chi connectivity index (χ3v) is 2.42. The van der Waals surface area contributed by atoms with E-state index in [0.717, 1.165) is 30.0 Å². The molecule has 0 aliphatic heterocycles. The van der Waals surface area contributed by atoms with Gasteiger partial charge in [-0.2, -0.15) is 5.10 Å². The third-order valence-electron chi connectivity index (χ3n) is 2.42. The van der Waals surface area contributed by atoms with Crippen molar-refractivity contribution >= 4 is 5.95 Å². The quantitative estimate of drug-likeness (QED) is 0.845. The van der Waals surface area contributed by atoms with Gasteiger partial charge in [-0.1, -0.05) is 19.0 Å². The van der Waals surface area contributed by atoms with Crippen LogP contribution in [0, 0.1) is 0 Å². The summed E-state index contributed by atoms with van der Waals surface area (Å²) < 4.78 is 4.97. The zero-order valence-electron chi connectivity index (χ0n) is 9.97. The summed E-state index contributed by atoms with van der Waals surface area (Å²) in [5, 5.41) is 14.8. The fraction of sp³-hybridized carbons (Fsp3) is 0.455. The molecule has 0 atom stereocenters. The molecule has 0 saturated heterocycles. The minimum absolute atomic E-state index is 0.510. The Morgan fingerprint density at radius 3 is 2.65 bits per heavy atom. The standard InChI is InChI=1S/C11H15N5O/c1-3-9-10(4-2)15-16-11(14-9)12-7-8-5-6-13-17-8/h5-6H,3-4,7H2,1-2H3,(H,12,14,16). The highest BCUT2D eigenvalue weighted by Gasteiger charge is 2.06. The lowest BCUT2D eigenvalue weighted by atomic mass is 10.2. The van der Waals surface area contributed by atoms with E-state index < -0.39 is 0 Å².